The van der Waals surface area contributed by atoms with E-state index in [2.05, 4.69) is 5.32 Å². The molecule has 0 atom stereocenters. The van der Waals surface area contributed by atoms with Gasteiger partial charge in [0, 0.05) is 12.6 Å². The second kappa shape index (κ2) is 11.0. The molecular formula is C22H23F3N2O3. The molecule has 2 amide bonds. The van der Waals surface area contributed by atoms with Crippen molar-refractivity contribution in [2.75, 3.05) is 25.0 Å². The predicted octanol–water partition coefficient (Wildman–Crippen LogP) is 4.39. The van der Waals surface area contributed by atoms with Crippen molar-refractivity contribution in [3.8, 4) is 5.75 Å². The van der Waals surface area contributed by atoms with E-state index >= 15 is 0 Å². The van der Waals surface area contributed by atoms with Gasteiger partial charge in [0.2, 0.25) is 11.8 Å². The Morgan fingerprint density at radius 3 is 2.37 bits per heavy atom. The highest BCUT2D eigenvalue weighted by Gasteiger charge is 2.18. The average Bonchev–Trinajstić information content (AvgIpc) is 2.73. The molecule has 30 heavy (non-hydrogen) atoms. The van der Waals surface area contributed by atoms with E-state index in [0.29, 0.717) is 25.6 Å². The van der Waals surface area contributed by atoms with E-state index < -0.39 is 35.0 Å². The molecule has 0 aromatic heterocycles. The maximum Gasteiger partial charge on any atom is 0.247 e. The van der Waals surface area contributed by atoms with Gasteiger partial charge in [-0.3, -0.25) is 9.59 Å². The molecule has 160 valence electrons. The van der Waals surface area contributed by atoms with Gasteiger partial charge in [-0.15, -0.1) is 0 Å². The van der Waals surface area contributed by atoms with Crippen molar-refractivity contribution in [2.24, 2.45) is 0 Å². The molecule has 0 fully saturated rings. The van der Waals surface area contributed by atoms with Crippen LogP contribution < -0.4 is 10.1 Å². The first-order valence-corrected chi connectivity index (χ1v) is 9.48. The Balaban J connectivity index is 2.02. The zero-order valence-corrected chi connectivity index (χ0v) is 16.8. The minimum Gasteiger partial charge on any atom is -0.494 e. The van der Waals surface area contributed by atoms with E-state index in [1.165, 1.54) is 11.0 Å². The van der Waals surface area contributed by atoms with Crippen LogP contribution in [0.3, 0.4) is 0 Å². The Hall–Kier alpha value is -3.29. The number of benzene rings is 2. The molecule has 0 heterocycles. The lowest BCUT2D eigenvalue weighted by molar-refractivity contribution is -0.130. The summed E-state index contributed by atoms with van der Waals surface area (Å²) in [4.78, 5) is 26.0. The van der Waals surface area contributed by atoms with E-state index in [1.807, 2.05) is 13.8 Å². The number of ether oxygens (including phenoxy) is 1. The zero-order valence-electron chi connectivity index (χ0n) is 16.8. The Morgan fingerprint density at radius 1 is 1.03 bits per heavy atom. The van der Waals surface area contributed by atoms with Gasteiger partial charge in [0.05, 0.1) is 12.3 Å². The minimum atomic E-state index is -1.67. The summed E-state index contributed by atoms with van der Waals surface area (Å²) in [5, 5.41) is 2.16. The normalized spacial score (nSPS) is 10.8. The van der Waals surface area contributed by atoms with Gasteiger partial charge < -0.3 is 15.0 Å². The third kappa shape index (κ3) is 6.37. The van der Waals surface area contributed by atoms with Gasteiger partial charge >= 0.3 is 0 Å². The molecule has 1 N–H and O–H groups in total. The maximum absolute atomic E-state index is 13.7. The molecule has 0 spiro atoms. The molecule has 0 aliphatic rings. The molecular weight excluding hydrogens is 397 g/mol. The fraction of sp³-hybridized carbons (Fsp3) is 0.273. The lowest BCUT2D eigenvalue weighted by Crippen LogP contribution is -2.37. The molecule has 0 aliphatic carbocycles. The van der Waals surface area contributed by atoms with Crippen molar-refractivity contribution in [3.05, 3.63) is 65.5 Å². The Kier molecular flexibility index (Phi) is 8.46. The first-order valence-electron chi connectivity index (χ1n) is 9.48. The molecule has 8 heteroatoms. The number of nitrogens with one attached hydrogen (secondary N) is 1. The van der Waals surface area contributed by atoms with E-state index in [0.717, 1.165) is 17.4 Å². The monoisotopic (exact) mass is 420 g/mol. The number of hydrogen-bond donors (Lipinski definition) is 1. The number of carbonyl (C=O) groups excluding carboxylic acids is 2. The number of rotatable bonds is 9. The number of hydrogen-bond acceptors (Lipinski definition) is 3. The zero-order chi connectivity index (χ0) is 22.1. The van der Waals surface area contributed by atoms with Crippen LogP contribution in [0.1, 0.15) is 25.8 Å². The standard InChI is InChI=1S/C22H23F3N2O3/c1-3-13-27(14-19(28)26-18-11-10-17(23)21(24)22(18)25)20(29)12-7-15-5-8-16(9-6-15)30-4-2/h5-12H,3-4,13-14H2,1-2H3,(H,26,28)/b12-7+. The lowest BCUT2D eigenvalue weighted by Gasteiger charge is -2.20. The SMILES string of the molecule is CCCN(CC(=O)Nc1ccc(F)c(F)c1F)C(=O)/C=C/c1ccc(OCC)cc1. The largest absolute Gasteiger partial charge is 0.494 e. The summed E-state index contributed by atoms with van der Waals surface area (Å²) in [7, 11) is 0. The van der Waals surface area contributed by atoms with Crippen LogP contribution in [0.2, 0.25) is 0 Å². The number of halogens is 3. The molecule has 0 saturated heterocycles. The van der Waals surface area contributed by atoms with Crippen LogP contribution in [0.15, 0.2) is 42.5 Å². The average molecular weight is 420 g/mol. The van der Waals surface area contributed by atoms with Crippen LogP contribution in [0, 0.1) is 17.5 Å². The Morgan fingerprint density at radius 2 is 1.73 bits per heavy atom. The van der Waals surface area contributed by atoms with Crippen LogP contribution in [0.4, 0.5) is 18.9 Å². The van der Waals surface area contributed by atoms with Crippen LogP contribution in [-0.2, 0) is 9.59 Å². The molecule has 2 aromatic rings. The Bertz CT molecular complexity index is 915. The number of nitrogens with zero attached hydrogens (tertiary/aromatic N) is 1. The van der Waals surface area contributed by atoms with Crippen molar-refractivity contribution >= 4 is 23.6 Å². The fourth-order valence-electron chi connectivity index (χ4n) is 2.64. The van der Waals surface area contributed by atoms with Crippen molar-refractivity contribution in [1.82, 2.24) is 4.90 Å². The fourth-order valence-corrected chi connectivity index (χ4v) is 2.64. The highest BCUT2D eigenvalue weighted by Crippen LogP contribution is 2.19. The van der Waals surface area contributed by atoms with Gasteiger partial charge in [0.15, 0.2) is 17.5 Å². The van der Waals surface area contributed by atoms with Gasteiger partial charge in [0.25, 0.3) is 0 Å². The molecule has 5 nitrogen and oxygen atoms in total. The van der Waals surface area contributed by atoms with Gasteiger partial charge in [0.1, 0.15) is 12.3 Å². The molecule has 0 unspecified atom stereocenters. The molecule has 0 radical (unpaired) electrons. The number of carbonyl (C=O) groups is 2. The number of amides is 2. The lowest BCUT2D eigenvalue weighted by atomic mass is 10.2. The maximum atomic E-state index is 13.7. The summed E-state index contributed by atoms with van der Waals surface area (Å²) in [6, 6.07) is 8.77. The summed E-state index contributed by atoms with van der Waals surface area (Å²) >= 11 is 0. The molecule has 2 aromatic carbocycles. The highest BCUT2D eigenvalue weighted by atomic mass is 19.2. The third-order valence-corrected chi connectivity index (χ3v) is 4.06. The second-order valence-corrected chi connectivity index (χ2v) is 6.37. The predicted molar refractivity (Wildman–Crippen MR) is 108 cm³/mol. The summed E-state index contributed by atoms with van der Waals surface area (Å²) < 4.78 is 45.4. The second-order valence-electron chi connectivity index (χ2n) is 6.37. The van der Waals surface area contributed by atoms with E-state index in [-0.39, 0.29) is 6.54 Å². The Labute approximate surface area is 173 Å². The summed E-state index contributed by atoms with van der Waals surface area (Å²) in [5.74, 6) is -4.94. The quantitative estimate of drug-likeness (QED) is 0.484. The summed E-state index contributed by atoms with van der Waals surface area (Å²) in [6.07, 6.45) is 3.53. The van der Waals surface area contributed by atoms with E-state index in [4.69, 9.17) is 4.74 Å². The van der Waals surface area contributed by atoms with Crippen molar-refractivity contribution in [3.63, 3.8) is 0 Å². The van der Waals surface area contributed by atoms with Crippen LogP contribution in [-0.4, -0.2) is 36.4 Å². The van der Waals surface area contributed by atoms with Crippen LogP contribution >= 0.6 is 0 Å². The molecule has 2 rings (SSSR count). The smallest absolute Gasteiger partial charge is 0.247 e. The van der Waals surface area contributed by atoms with Crippen molar-refractivity contribution in [1.29, 1.82) is 0 Å². The van der Waals surface area contributed by atoms with Gasteiger partial charge in [-0.05, 0) is 49.2 Å². The van der Waals surface area contributed by atoms with Crippen molar-refractivity contribution in [2.45, 2.75) is 20.3 Å². The highest BCUT2D eigenvalue weighted by molar-refractivity contribution is 5.98. The van der Waals surface area contributed by atoms with E-state index in [9.17, 15) is 22.8 Å². The number of anilines is 1. The molecule has 0 saturated carbocycles. The molecule has 0 aliphatic heterocycles. The minimum absolute atomic E-state index is 0.292. The van der Waals surface area contributed by atoms with Crippen LogP contribution in [0.5, 0.6) is 5.75 Å². The first-order chi connectivity index (χ1) is 14.3. The van der Waals surface area contributed by atoms with Crippen molar-refractivity contribution < 1.29 is 27.5 Å². The van der Waals surface area contributed by atoms with Gasteiger partial charge in [-0.1, -0.05) is 19.1 Å². The third-order valence-electron chi connectivity index (χ3n) is 4.06. The summed E-state index contributed by atoms with van der Waals surface area (Å²) in [6.45, 7) is 4.20. The van der Waals surface area contributed by atoms with E-state index in [1.54, 1.807) is 30.3 Å². The summed E-state index contributed by atoms with van der Waals surface area (Å²) in [5.41, 5.74) is 0.282. The van der Waals surface area contributed by atoms with Gasteiger partial charge in [-0.2, -0.15) is 0 Å². The molecule has 0 bridgehead atoms. The van der Waals surface area contributed by atoms with Crippen LogP contribution in [0.25, 0.3) is 6.08 Å². The first kappa shape index (κ1) is 23.0. The van der Waals surface area contributed by atoms with Gasteiger partial charge in [-0.25, -0.2) is 13.2 Å². The topological polar surface area (TPSA) is 58.6 Å².